The van der Waals surface area contributed by atoms with Crippen LogP contribution >= 0.6 is 27.5 Å². The van der Waals surface area contributed by atoms with E-state index >= 15 is 0 Å². The van der Waals surface area contributed by atoms with E-state index < -0.39 is 0 Å². The van der Waals surface area contributed by atoms with Crippen molar-refractivity contribution in [2.45, 2.75) is 6.92 Å². The predicted molar refractivity (Wildman–Crippen MR) is 59.4 cm³/mol. The van der Waals surface area contributed by atoms with Crippen LogP contribution in [0.4, 0.5) is 0 Å². The molecule has 1 rings (SSSR count). The van der Waals surface area contributed by atoms with E-state index in [1.807, 2.05) is 25.1 Å². The fraction of sp³-hybridized carbons (Fsp3) is 0.200. The zero-order valence-corrected chi connectivity index (χ0v) is 9.60. The summed E-state index contributed by atoms with van der Waals surface area (Å²) >= 11 is 8.75. The first-order valence-electron chi connectivity index (χ1n) is 3.88. The number of hydrogen-bond donors (Lipinski definition) is 0. The lowest BCUT2D eigenvalue weighted by Gasteiger charge is -2.06. The molecule has 0 aliphatic rings. The van der Waals surface area contributed by atoms with Gasteiger partial charge in [-0.3, -0.25) is 0 Å². The zero-order valence-electron chi connectivity index (χ0n) is 7.26. The highest BCUT2D eigenvalue weighted by Gasteiger charge is 1.98. The summed E-state index contributed by atoms with van der Waals surface area (Å²) < 4.78 is 6.47. The topological polar surface area (TPSA) is 9.23 Å². The van der Waals surface area contributed by atoms with Gasteiger partial charge in [0.1, 0.15) is 12.4 Å². The van der Waals surface area contributed by atoms with Crippen molar-refractivity contribution in [3.8, 4) is 5.75 Å². The molecule has 0 atom stereocenters. The Hall–Kier alpha value is -0.470. The summed E-state index contributed by atoms with van der Waals surface area (Å²) in [6.45, 7) is 2.51. The first kappa shape index (κ1) is 10.6. The number of aryl methyl sites for hydroxylation is 1. The SMILES string of the molecule is Cc1ccc(Br)cc1OC/C=C/Cl. The first-order valence-corrected chi connectivity index (χ1v) is 5.11. The summed E-state index contributed by atoms with van der Waals surface area (Å²) in [5.74, 6) is 0.879. The Balaban J connectivity index is 2.69. The molecule has 0 spiro atoms. The maximum Gasteiger partial charge on any atom is 0.123 e. The van der Waals surface area contributed by atoms with Crippen molar-refractivity contribution in [2.75, 3.05) is 6.61 Å². The van der Waals surface area contributed by atoms with Crippen LogP contribution in [0.3, 0.4) is 0 Å². The average Bonchev–Trinajstić information content (AvgIpc) is 2.11. The third-order valence-corrected chi connectivity index (χ3v) is 2.25. The van der Waals surface area contributed by atoms with Crippen LogP contribution < -0.4 is 4.74 Å². The van der Waals surface area contributed by atoms with Gasteiger partial charge in [0.15, 0.2) is 0 Å². The van der Waals surface area contributed by atoms with Crippen LogP contribution in [0.25, 0.3) is 0 Å². The van der Waals surface area contributed by atoms with Crippen LogP contribution in [0.15, 0.2) is 34.3 Å². The molecule has 0 radical (unpaired) electrons. The van der Waals surface area contributed by atoms with Gasteiger partial charge in [0, 0.05) is 10.0 Å². The summed E-state index contributed by atoms with van der Waals surface area (Å²) in [5, 5.41) is 0. The number of rotatable bonds is 3. The van der Waals surface area contributed by atoms with E-state index in [4.69, 9.17) is 16.3 Å². The van der Waals surface area contributed by atoms with Crippen molar-refractivity contribution in [1.29, 1.82) is 0 Å². The standard InChI is InChI=1S/C10H10BrClO/c1-8-3-4-9(11)7-10(8)13-6-2-5-12/h2-5,7H,6H2,1H3/b5-2+. The molecule has 0 saturated carbocycles. The average molecular weight is 262 g/mol. The summed E-state index contributed by atoms with van der Waals surface area (Å²) in [5.41, 5.74) is 2.57. The van der Waals surface area contributed by atoms with Crippen LogP contribution in [-0.4, -0.2) is 6.61 Å². The lowest BCUT2D eigenvalue weighted by atomic mass is 10.2. The Morgan fingerprint density at radius 2 is 2.31 bits per heavy atom. The van der Waals surface area contributed by atoms with Crippen LogP contribution in [0.5, 0.6) is 5.75 Å². The normalized spacial score (nSPS) is 10.7. The molecule has 0 aliphatic heterocycles. The van der Waals surface area contributed by atoms with Crippen molar-refractivity contribution in [2.24, 2.45) is 0 Å². The molecule has 1 aromatic carbocycles. The second-order valence-electron chi connectivity index (χ2n) is 2.58. The molecule has 0 saturated heterocycles. The van der Waals surface area contributed by atoms with Gasteiger partial charge in [-0.1, -0.05) is 33.6 Å². The molecule has 0 aromatic heterocycles. The summed E-state index contributed by atoms with van der Waals surface area (Å²) in [6, 6.07) is 5.93. The number of halogens is 2. The molecule has 0 aliphatic carbocycles. The number of ether oxygens (including phenoxy) is 1. The smallest absolute Gasteiger partial charge is 0.123 e. The zero-order chi connectivity index (χ0) is 9.68. The van der Waals surface area contributed by atoms with E-state index in [1.54, 1.807) is 6.08 Å². The maximum atomic E-state index is 5.46. The predicted octanol–water partition coefficient (Wildman–Crippen LogP) is 3.89. The van der Waals surface area contributed by atoms with Crippen molar-refractivity contribution in [3.05, 3.63) is 39.8 Å². The first-order chi connectivity index (χ1) is 6.24. The van der Waals surface area contributed by atoms with Crippen LogP contribution in [0.2, 0.25) is 0 Å². The largest absolute Gasteiger partial charge is 0.489 e. The van der Waals surface area contributed by atoms with Gasteiger partial charge in [-0.25, -0.2) is 0 Å². The quantitative estimate of drug-likeness (QED) is 0.802. The second-order valence-corrected chi connectivity index (χ2v) is 3.75. The Kier molecular flexibility index (Phi) is 4.33. The molecule has 0 bridgehead atoms. The minimum Gasteiger partial charge on any atom is -0.489 e. The van der Waals surface area contributed by atoms with Gasteiger partial charge in [0.25, 0.3) is 0 Å². The highest BCUT2D eigenvalue weighted by atomic mass is 79.9. The van der Waals surface area contributed by atoms with E-state index in [-0.39, 0.29) is 0 Å². The Labute approximate surface area is 91.5 Å². The van der Waals surface area contributed by atoms with Gasteiger partial charge in [0.2, 0.25) is 0 Å². The van der Waals surface area contributed by atoms with Crippen LogP contribution in [0.1, 0.15) is 5.56 Å². The van der Waals surface area contributed by atoms with E-state index in [1.165, 1.54) is 5.54 Å². The Bertz CT molecular complexity index is 310. The molecule has 0 fully saturated rings. The lowest BCUT2D eigenvalue weighted by molar-refractivity contribution is 0.360. The number of hydrogen-bond acceptors (Lipinski definition) is 1. The van der Waals surface area contributed by atoms with Crippen molar-refractivity contribution < 1.29 is 4.74 Å². The van der Waals surface area contributed by atoms with Gasteiger partial charge in [-0.2, -0.15) is 0 Å². The van der Waals surface area contributed by atoms with E-state index in [9.17, 15) is 0 Å². The van der Waals surface area contributed by atoms with E-state index in [0.29, 0.717) is 6.61 Å². The van der Waals surface area contributed by atoms with Gasteiger partial charge < -0.3 is 4.74 Å². The van der Waals surface area contributed by atoms with E-state index in [0.717, 1.165) is 15.8 Å². The summed E-state index contributed by atoms with van der Waals surface area (Å²) in [6.07, 6.45) is 1.75. The maximum absolute atomic E-state index is 5.46. The van der Waals surface area contributed by atoms with Crippen LogP contribution in [0, 0.1) is 6.92 Å². The van der Waals surface area contributed by atoms with Gasteiger partial charge >= 0.3 is 0 Å². The fourth-order valence-electron chi connectivity index (χ4n) is 0.904. The molecular formula is C10H10BrClO. The number of benzene rings is 1. The van der Waals surface area contributed by atoms with Gasteiger partial charge in [-0.15, -0.1) is 0 Å². The third kappa shape index (κ3) is 3.41. The second kappa shape index (κ2) is 5.30. The minimum absolute atomic E-state index is 0.501. The summed E-state index contributed by atoms with van der Waals surface area (Å²) in [4.78, 5) is 0. The molecule has 0 heterocycles. The summed E-state index contributed by atoms with van der Waals surface area (Å²) in [7, 11) is 0. The molecule has 0 amide bonds. The molecule has 1 aromatic rings. The van der Waals surface area contributed by atoms with Crippen molar-refractivity contribution in [1.82, 2.24) is 0 Å². The highest BCUT2D eigenvalue weighted by molar-refractivity contribution is 9.10. The molecule has 0 unspecified atom stereocenters. The van der Waals surface area contributed by atoms with Gasteiger partial charge in [-0.05, 0) is 30.7 Å². The van der Waals surface area contributed by atoms with E-state index in [2.05, 4.69) is 15.9 Å². The minimum atomic E-state index is 0.501. The molecule has 70 valence electrons. The molecule has 13 heavy (non-hydrogen) atoms. The van der Waals surface area contributed by atoms with Gasteiger partial charge in [0.05, 0.1) is 0 Å². The monoisotopic (exact) mass is 260 g/mol. The molecule has 3 heteroatoms. The highest BCUT2D eigenvalue weighted by Crippen LogP contribution is 2.22. The Morgan fingerprint density at radius 1 is 1.54 bits per heavy atom. The van der Waals surface area contributed by atoms with Crippen LogP contribution in [-0.2, 0) is 0 Å². The third-order valence-electron chi connectivity index (χ3n) is 1.57. The Morgan fingerprint density at radius 3 is 3.00 bits per heavy atom. The van der Waals surface area contributed by atoms with Crippen molar-refractivity contribution in [3.63, 3.8) is 0 Å². The lowest BCUT2D eigenvalue weighted by Crippen LogP contribution is -1.94. The molecular weight excluding hydrogens is 251 g/mol. The molecule has 0 N–H and O–H groups in total. The molecule has 1 nitrogen and oxygen atoms in total. The fourth-order valence-corrected chi connectivity index (χ4v) is 1.32. The van der Waals surface area contributed by atoms with Crippen molar-refractivity contribution >= 4 is 27.5 Å².